The molecule has 0 N–H and O–H groups in total. The summed E-state index contributed by atoms with van der Waals surface area (Å²) in [6.45, 7) is 0. The van der Waals surface area contributed by atoms with Crippen LogP contribution in [0.4, 0.5) is 11.4 Å². The number of rotatable bonds is 4. The van der Waals surface area contributed by atoms with Gasteiger partial charge in [-0.1, -0.05) is 0 Å². The van der Waals surface area contributed by atoms with Crippen molar-refractivity contribution in [3.05, 3.63) is 68.8 Å². The van der Waals surface area contributed by atoms with E-state index >= 15 is 0 Å². The Morgan fingerprint density at radius 1 is 0.800 bits per heavy atom. The maximum absolute atomic E-state index is 12.4. The molecular formula is C12H8N2O5Sn. The Bertz CT molecular complexity index is 657. The van der Waals surface area contributed by atoms with Crippen molar-refractivity contribution >= 4 is 38.3 Å². The van der Waals surface area contributed by atoms with E-state index in [9.17, 15) is 23.3 Å². The van der Waals surface area contributed by atoms with Gasteiger partial charge in [-0.3, -0.25) is 0 Å². The first kappa shape index (κ1) is 14.3. The van der Waals surface area contributed by atoms with Crippen LogP contribution in [0.5, 0.6) is 0 Å². The zero-order chi connectivity index (χ0) is 14.7. The Kier molecular flexibility index (Phi) is 4.18. The van der Waals surface area contributed by atoms with Crippen molar-refractivity contribution in [3.63, 3.8) is 0 Å². The molecule has 0 aromatic heterocycles. The number of nitro benzene ring substituents is 2. The molecule has 0 aliphatic carbocycles. The van der Waals surface area contributed by atoms with Crippen molar-refractivity contribution in [1.82, 2.24) is 0 Å². The van der Waals surface area contributed by atoms with E-state index in [4.69, 9.17) is 0 Å². The number of non-ortho nitro benzene ring substituents is 2. The number of nitrogens with zero attached hydrogens (tertiary/aromatic N) is 2. The third kappa shape index (κ3) is 3.05. The van der Waals surface area contributed by atoms with Crippen molar-refractivity contribution in [2.24, 2.45) is 0 Å². The van der Waals surface area contributed by atoms with Crippen LogP contribution >= 0.6 is 0 Å². The van der Waals surface area contributed by atoms with Crippen LogP contribution in [0.3, 0.4) is 0 Å². The monoisotopic (exact) mass is 380 g/mol. The Morgan fingerprint density at radius 3 is 1.55 bits per heavy atom. The van der Waals surface area contributed by atoms with E-state index in [-0.39, 0.29) is 11.4 Å². The fourth-order valence-corrected chi connectivity index (χ4v) is 5.65. The van der Waals surface area contributed by atoms with Crippen LogP contribution in [-0.4, -0.2) is 29.6 Å². The average molecular weight is 379 g/mol. The second kappa shape index (κ2) is 5.86. The van der Waals surface area contributed by atoms with E-state index in [0.29, 0.717) is 7.16 Å². The van der Waals surface area contributed by atoms with Gasteiger partial charge >= 0.3 is 120 Å². The normalized spacial score (nSPS) is 10.0. The molecule has 20 heavy (non-hydrogen) atoms. The van der Waals surface area contributed by atoms with E-state index in [1.54, 1.807) is 12.1 Å². The number of nitro groups is 2. The van der Waals surface area contributed by atoms with E-state index < -0.39 is 29.6 Å². The molecule has 2 aromatic carbocycles. The Hall–Kier alpha value is -2.16. The molecule has 0 unspecified atom stereocenters. The van der Waals surface area contributed by atoms with E-state index in [1.807, 2.05) is 0 Å². The summed E-state index contributed by atoms with van der Waals surface area (Å²) in [5.74, 6) is 0. The van der Waals surface area contributed by atoms with Crippen molar-refractivity contribution in [2.75, 3.05) is 0 Å². The first-order valence-corrected chi connectivity index (χ1v) is 9.54. The van der Waals surface area contributed by atoms with Gasteiger partial charge in [0.05, 0.1) is 0 Å². The molecule has 0 spiro atoms. The number of hydrogen-bond donors (Lipinski definition) is 0. The van der Waals surface area contributed by atoms with Crippen LogP contribution in [-0.2, 0) is 3.08 Å². The summed E-state index contributed by atoms with van der Waals surface area (Å²) >= 11 is -3.54. The van der Waals surface area contributed by atoms with Crippen LogP contribution in [0.2, 0.25) is 0 Å². The van der Waals surface area contributed by atoms with E-state index in [2.05, 4.69) is 0 Å². The summed E-state index contributed by atoms with van der Waals surface area (Å²) in [4.78, 5) is 20.3. The van der Waals surface area contributed by atoms with Crippen molar-refractivity contribution in [3.8, 4) is 0 Å². The molecule has 0 fully saturated rings. The molecule has 0 aliphatic heterocycles. The molecule has 8 heteroatoms. The topological polar surface area (TPSA) is 103 Å². The molecule has 0 heterocycles. The fourth-order valence-electron chi connectivity index (χ4n) is 1.69. The average Bonchev–Trinajstić information content (AvgIpc) is 2.46. The van der Waals surface area contributed by atoms with Crippen LogP contribution < -0.4 is 7.16 Å². The van der Waals surface area contributed by atoms with Crippen molar-refractivity contribution in [1.29, 1.82) is 0 Å². The first-order chi connectivity index (χ1) is 9.49. The van der Waals surface area contributed by atoms with Crippen molar-refractivity contribution in [2.45, 2.75) is 0 Å². The van der Waals surface area contributed by atoms with Crippen LogP contribution in [0.1, 0.15) is 0 Å². The van der Waals surface area contributed by atoms with Gasteiger partial charge in [-0.15, -0.1) is 0 Å². The predicted octanol–water partition coefficient (Wildman–Crippen LogP) is 1.04. The molecule has 0 atom stereocenters. The molecule has 2 aromatic rings. The van der Waals surface area contributed by atoms with Gasteiger partial charge in [0.25, 0.3) is 0 Å². The summed E-state index contributed by atoms with van der Waals surface area (Å²) < 4.78 is 13.2. The molecule has 0 saturated heterocycles. The fraction of sp³-hybridized carbons (Fsp3) is 0. The van der Waals surface area contributed by atoms with E-state index in [0.717, 1.165) is 0 Å². The second-order valence-electron chi connectivity index (χ2n) is 3.94. The molecule has 0 radical (unpaired) electrons. The predicted molar refractivity (Wildman–Crippen MR) is 71.9 cm³/mol. The standard InChI is InChI=1S/2C6H4NO2.O.Sn/c2*8-7(9)6-4-2-1-3-5-6;;/h2*1-2,4-5H;;. The van der Waals surface area contributed by atoms with Gasteiger partial charge in [-0.05, 0) is 0 Å². The summed E-state index contributed by atoms with van der Waals surface area (Å²) in [7, 11) is 0. The molecule has 0 aliphatic rings. The zero-order valence-corrected chi connectivity index (χ0v) is 12.9. The Balaban J connectivity index is 2.41. The zero-order valence-electron chi connectivity index (χ0n) is 10.1. The molecule has 100 valence electrons. The minimum atomic E-state index is -3.54. The van der Waals surface area contributed by atoms with Crippen LogP contribution in [0.15, 0.2) is 48.5 Å². The van der Waals surface area contributed by atoms with Crippen LogP contribution in [0.25, 0.3) is 0 Å². The molecule has 0 bridgehead atoms. The molecule has 0 saturated carbocycles. The van der Waals surface area contributed by atoms with Gasteiger partial charge < -0.3 is 0 Å². The van der Waals surface area contributed by atoms with E-state index in [1.165, 1.54) is 36.4 Å². The first-order valence-electron chi connectivity index (χ1n) is 5.52. The van der Waals surface area contributed by atoms with Gasteiger partial charge in [0.1, 0.15) is 0 Å². The molecular weight excluding hydrogens is 371 g/mol. The SMILES string of the molecule is O=[N+]([O-])c1ccc[c]([Sn](=[O])[c]2cccc([N+](=O)[O-])c2)c1. The van der Waals surface area contributed by atoms with Gasteiger partial charge in [0.2, 0.25) is 0 Å². The van der Waals surface area contributed by atoms with Gasteiger partial charge in [0, 0.05) is 0 Å². The van der Waals surface area contributed by atoms with Crippen molar-refractivity contribution < 1.29 is 12.9 Å². The second-order valence-corrected chi connectivity index (χ2v) is 9.12. The molecule has 7 nitrogen and oxygen atoms in total. The van der Waals surface area contributed by atoms with Crippen LogP contribution in [0, 0.1) is 20.2 Å². The molecule has 0 amide bonds. The molecule has 2 rings (SSSR count). The van der Waals surface area contributed by atoms with Gasteiger partial charge in [-0.25, -0.2) is 0 Å². The third-order valence-corrected chi connectivity index (χ3v) is 7.41. The summed E-state index contributed by atoms with van der Waals surface area (Å²) in [5.41, 5.74) is -0.274. The minimum absolute atomic E-state index is 0.137. The quantitative estimate of drug-likeness (QED) is 0.449. The number of hydrogen-bond acceptors (Lipinski definition) is 5. The summed E-state index contributed by atoms with van der Waals surface area (Å²) in [5, 5.41) is 21.4. The number of benzene rings is 2. The summed E-state index contributed by atoms with van der Waals surface area (Å²) in [6.07, 6.45) is 0. The maximum atomic E-state index is 12.4. The van der Waals surface area contributed by atoms with Gasteiger partial charge in [-0.2, -0.15) is 0 Å². The Morgan fingerprint density at radius 2 is 1.20 bits per heavy atom. The third-order valence-electron chi connectivity index (χ3n) is 2.64. The van der Waals surface area contributed by atoms with Gasteiger partial charge in [0.15, 0.2) is 0 Å². The summed E-state index contributed by atoms with van der Waals surface area (Å²) in [6, 6.07) is 11.2. The Labute approximate surface area is 120 Å².